The molecule has 0 radical (unpaired) electrons. The summed E-state index contributed by atoms with van der Waals surface area (Å²) >= 11 is 0. The molecule has 9 nitrogen and oxygen atoms in total. The zero-order valence-corrected chi connectivity index (χ0v) is 22.2. The fourth-order valence-electron chi connectivity index (χ4n) is 3.55. The predicted molar refractivity (Wildman–Crippen MR) is 112 cm³/mol. The Kier molecular flexibility index (Phi) is 9.76. The number of rotatable bonds is 11. The molecule has 0 unspecified atom stereocenters. The molecule has 21 heteroatoms. The van der Waals surface area contributed by atoms with E-state index in [0.717, 1.165) is 0 Å². The van der Waals surface area contributed by atoms with Crippen molar-refractivity contribution in [1.29, 1.82) is 0 Å². The van der Waals surface area contributed by atoms with Crippen LogP contribution in [-0.2, 0) is 30.1 Å². The van der Waals surface area contributed by atoms with E-state index in [2.05, 4.69) is 0 Å². The summed E-state index contributed by atoms with van der Waals surface area (Å²) in [6.45, 7) is 6.11. The van der Waals surface area contributed by atoms with E-state index in [4.69, 9.17) is 0 Å². The molecule has 222 valence electrons. The summed E-state index contributed by atoms with van der Waals surface area (Å²) in [4.78, 5) is 1.98. The third-order valence-corrected chi connectivity index (χ3v) is 10.9. The molecule has 0 amide bonds. The lowest BCUT2D eigenvalue weighted by molar-refractivity contribution is -0.245. The molecule has 1 saturated heterocycles. The molecular formula is C16H26F9N3O6S3. The summed E-state index contributed by atoms with van der Waals surface area (Å²) in [5.41, 5.74) is -6.62. The molecule has 37 heavy (non-hydrogen) atoms. The van der Waals surface area contributed by atoms with Crippen molar-refractivity contribution in [1.82, 2.24) is 13.3 Å². The van der Waals surface area contributed by atoms with Crippen LogP contribution in [0, 0.1) is 5.92 Å². The van der Waals surface area contributed by atoms with Crippen LogP contribution in [0.25, 0.3) is 0 Å². The Bertz CT molecular complexity index is 1120. The van der Waals surface area contributed by atoms with Crippen LogP contribution in [0.2, 0.25) is 0 Å². The lowest BCUT2D eigenvalue weighted by Crippen LogP contribution is -2.65. The Morgan fingerprint density at radius 2 is 1.16 bits per heavy atom. The molecule has 1 heterocycles. The number of nitrogens with one attached hydrogen (secondary N) is 1. The number of hydrogen-bond donors (Lipinski definition) is 1. The highest BCUT2D eigenvalue weighted by Crippen LogP contribution is 2.52. The second-order valence-corrected chi connectivity index (χ2v) is 14.5. The van der Waals surface area contributed by atoms with Crippen molar-refractivity contribution in [2.24, 2.45) is 5.92 Å². The third kappa shape index (κ3) is 6.30. The summed E-state index contributed by atoms with van der Waals surface area (Å²) in [6.07, 6.45) is -0.312. The van der Waals surface area contributed by atoms with Crippen molar-refractivity contribution in [2.45, 2.75) is 74.6 Å². The fraction of sp³-hybridized carbons (Fsp3) is 1.00. The molecule has 0 aliphatic carbocycles. The van der Waals surface area contributed by atoms with Gasteiger partial charge >= 0.3 is 32.0 Å². The average molecular weight is 624 g/mol. The zero-order chi connectivity index (χ0) is 29.6. The molecule has 0 saturated carbocycles. The number of nitrogens with zero attached hydrogens (tertiary/aromatic N) is 2. The first kappa shape index (κ1) is 34.1. The van der Waals surface area contributed by atoms with Gasteiger partial charge in [0.25, 0.3) is 20.0 Å². The van der Waals surface area contributed by atoms with Crippen molar-refractivity contribution in [3.8, 4) is 0 Å². The van der Waals surface area contributed by atoms with Gasteiger partial charge in [-0.2, -0.15) is 43.8 Å². The van der Waals surface area contributed by atoms with Crippen molar-refractivity contribution < 1.29 is 64.8 Å². The molecule has 0 bridgehead atoms. The van der Waals surface area contributed by atoms with Crippen LogP contribution in [0.3, 0.4) is 0 Å². The van der Waals surface area contributed by atoms with Gasteiger partial charge in [-0.1, -0.05) is 4.13 Å². The quantitative estimate of drug-likeness (QED) is 0.352. The van der Waals surface area contributed by atoms with Gasteiger partial charge < -0.3 is 0 Å². The summed E-state index contributed by atoms with van der Waals surface area (Å²) in [5, 5.41) is -14.2. The Labute approximate surface area is 208 Å². The maximum Gasteiger partial charge on any atom is 0.512 e. The van der Waals surface area contributed by atoms with E-state index in [0.29, 0.717) is 6.54 Å². The number of alkyl halides is 9. The third-order valence-electron chi connectivity index (χ3n) is 5.63. The Balaban J connectivity index is 3.25. The highest BCUT2D eigenvalue weighted by Gasteiger charge is 2.83. The first-order valence-electron chi connectivity index (χ1n) is 10.4. The lowest BCUT2D eigenvalue weighted by Gasteiger charge is -2.39. The van der Waals surface area contributed by atoms with Gasteiger partial charge in [0.05, 0.1) is 0 Å². The molecule has 1 rings (SSSR count). The van der Waals surface area contributed by atoms with Crippen LogP contribution in [0.15, 0.2) is 0 Å². The van der Waals surface area contributed by atoms with E-state index < -0.39 is 69.2 Å². The highest BCUT2D eigenvalue weighted by molar-refractivity contribution is 8.05. The van der Waals surface area contributed by atoms with E-state index >= 15 is 0 Å². The SMILES string of the molecule is CC(C)N(CC1CCN(S(=O)(=O)C(F)(F)C(F)(F)C(F)(F)S(=O)(=O)NS(=O)(=O)C(F)(F)F)CC1)C(C)C. The summed E-state index contributed by atoms with van der Waals surface area (Å²) in [6, 6.07) is 0.0625. The standard InChI is InChI=1S/C16H26F9N3O6S3/c1-10(2)28(11(3)4)9-12-5-7-27(8-6-12)37(33,34)15(21,22)13(17,18)14(19,20)35(29,30)26-36(31,32)16(23,24)25/h10-12,26H,5-9H2,1-4H3. The van der Waals surface area contributed by atoms with Gasteiger partial charge in [0.1, 0.15) is 0 Å². The van der Waals surface area contributed by atoms with Gasteiger partial charge in [0, 0.05) is 31.7 Å². The number of hydrogen-bond acceptors (Lipinski definition) is 7. The van der Waals surface area contributed by atoms with Crippen LogP contribution in [0.5, 0.6) is 0 Å². The Morgan fingerprint density at radius 1 is 0.757 bits per heavy atom. The summed E-state index contributed by atoms with van der Waals surface area (Å²) in [7, 11) is -21.8. The molecule has 1 N–H and O–H groups in total. The molecule has 0 spiro atoms. The van der Waals surface area contributed by atoms with E-state index in [1.165, 1.54) is 0 Å². The molecule has 1 aliphatic rings. The van der Waals surface area contributed by atoms with Gasteiger partial charge in [-0.15, -0.1) is 0 Å². The Hall–Kier alpha value is -0.900. The van der Waals surface area contributed by atoms with E-state index in [-0.39, 0.29) is 35.1 Å². The van der Waals surface area contributed by atoms with E-state index in [9.17, 15) is 64.8 Å². The maximum atomic E-state index is 14.4. The van der Waals surface area contributed by atoms with Gasteiger partial charge in [-0.25, -0.2) is 25.3 Å². The van der Waals surface area contributed by atoms with Crippen LogP contribution in [0.1, 0.15) is 40.5 Å². The molecule has 0 aromatic heterocycles. The largest absolute Gasteiger partial charge is 0.512 e. The first-order valence-corrected chi connectivity index (χ1v) is 14.8. The summed E-state index contributed by atoms with van der Waals surface area (Å²) in [5.74, 6) is -7.71. The van der Waals surface area contributed by atoms with Crippen molar-refractivity contribution in [3.63, 3.8) is 0 Å². The second kappa shape index (κ2) is 10.6. The lowest BCUT2D eigenvalue weighted by atomic mass is 9.96. The molecule has 0 aromatic rings. The van der Waals surface area contributed by atoms with Crippen LogP contribution in [-0.4, -0.2) is 88.1 Å². The molecular weight excluding hydrogens is 597 g/mol. The minimum Gasteiger partial charge on any atom is -0.298 e. The molecule has 0 atom stereocenters. The molecule has 1 aliphatic heterocycles. The van der Waals surface area contributed by atoms with Gasteiger partial charge in [-0.05, 0) is 46.5 Å². The number of halogens is 9. The first-order chi connectivity index (χ1) is 16.2. The predicted octanol–water partition coefficient (Wildman–Crippen LogP) is 2.74. The minimum atomic E-state index is -7.78. The fourth-order valence-corrected chi connectivity index (χ4v) is 7.50. The topological polar surface area (TPSA) is 121 Å². The average Bonchev–Trinajstić information content (AvgIpc) is 2.69. The van der Waals surface area contributed by atoms with Crippen molar-refractivity contribution in [2.75, 3.05) is 19.6 Å². The normalized spacial score (nSPS) is 18.8. The van der Waals surface area contributed by atoms with Crippen molar-refractivity contribution >= 4 is 30.1 Å². The Morgan fingerprint density at radius 3 is 1.51 bits per heavy atom. The molecule has 0 aromatic carbocycles. The second-order valence-electron chi connectivity index (χ2n) is 8.88. The van der Waals surface area contributed by atoms with Gasteiger partial charge in [0.2, 0.25) is 0 Å². The molecule has 1 fully saturated rings. The van der Waals surface area contributed by atoms with Crippen LogP contribution in [0.4, 0.5) is 39.5 Å². The van der Waals surface area contributed by atoms with E-state index in [1.54, 1.807) is 0 Å². The van der Waals surface area contributed by atoms with E-state index in [1.807, 2.05) is 32.6 Å². The van der Waals surface area contributed by atoms with Crippen LogP contribution >= 0.6 is 0 Å². The highest BCUT2D eigenvalue weighted by atomic mass is 32.3. The summed E-state index contributed by atoms with van der Waals surface area (Å²) < 4.78 is 190. The van der Waals surface area contributed by atoms with Gasteiger partial charge in [0.15, 0.2) is 0 Å². The smallest absolute Gasteiger partial charge is 0.298 e. The maximum absolute atomic E-state index is 14.4. The van der Waals surface area contributed by atoms with Crippen molar-refractivity contribution in [3.05, 3.63) is 0 Å². The number of sulfonamides is 3. The monoisotopic (exact) mass is 623 g/mol. The zero-order valence-electron chi connectivity index (χ0n) is 19.7. The minimum absolute atomic E-state index is 0.0312. The number of piperidine rings is 1. The van der Waals surface area contributed by atoms with Crippen LogP contribution < -0.4 is 4.13 Å². The van der Waals surface area contributed by atoms with Gasteiger partial charge in [-0.3, -0.25) is 4.90 Å².